The molecular weight excluding hydrogens is 359 g/mol. The van der Waals surface area contributed by atoms with E-state index < -0.39 is 5.82 Å². The predicted octanol–water partition coefficient (Wildman–Crippen LogP) is 3.32. The van der Waals surface area contributed by atoms with Gasteiger partial charge in [0.2, 0.25) is 0 Å². The number of rotatable bonds is 8. The summed E-state index contributed by atoms with van der Waals surface area (Å²) < 4.78 is 21.1. The highest BCUT2D eigenvalue weighted by molar-refractivity contribution is 5.93. The molecule has 28 heavy (non-hydrogen) atoms. The summed E-state index contributed by atoms with van der Waals surface area (Å²) in [6.45, 7) is 6.28. The number of amides is 1. The van der Waals surface area contributed by atoms with E-state index in [0.29, 0.717) is 35.8 Å². The molecule has 1 fully saturated rings. The number of carbonyl (C=O) groups is 1. The Kier molecular flexibility index (Phi) is 7.03. The zero-order valence-corrected chi connectivity index (χ0v) is 16.7. The Bertz CT molecular complexity index is 800. The van der Waals surface area contributed by atoms with Gasteiger partial charge in [0.1, 0.15) is 17.3 Å². The fraction of sp³-hybridized carbons (Fsp3) is 0.524. The number of likely N-dealkylation sites (tertiary alicyclic amines) is 1. The second-order valence-electron chi connectivity index (χ2n) is 7.14. The number of aryl methyl sites for hydroxylation is 1. The molecule has 1 saturated heterocycles. The average molecular weight is 388 g/mol. The number of methoxy groups -OCH3 is 1. The Balaban J connectivity index is 1.71. The lowest BCUT2D eigenvalue weighted by Crippen LogP contribution is -2.38. The Morgan fingerprint density at radius 2 is 2.00 bits per heavy atom. The van der Waals surface area contributed by atoms with Crippen molar-refractivity contribution in [2.24, 2.45) is 0 Å². The lowest BCUT2D eigenvalue weighted by atomic mass is 10.1. The zero-order valence-electron chi connectivity index (χ0n) is 16.7. The van der Waals surface area contributed by atoms with Crippen LogP contribution in [0.4, 0.5) is 4.39 Å². The summed E-state index contributed by atoms with van der Waals surface area (Å²) >= 11 is 0. The third-order valence-corrected chi connectivity index (χ3v) is 5.06. The van der Waals surface area contributed by atoms with Crippen LogP contribution in [0, 0.1) is 5.82 Å². The van der Waals surface area contributed by atoms with E-state index in [-0.39, 0.29) is 5.91 Å². The van der Waals surface area contributed by atoms with E-state index in [0.717, 1.165) is 26.1 Å². The molecule has 1 amide bonds. The van der Waals surface area contributed by atoms with Gasteiger partial charge in [-0.3, -0.25) is 9.48 Å². The number of ether oxygens (including phenoxy) is 1. The maximum absolute atomic E-state index is 14.4. The molecule has 0 saturated carbocycles. The van der Waals surface area contributed by atoms with E-state index in [2.05, 4.69) is 15.3 Å². The van der Waals surface area contributed by atoms with Crippen molar-refractivity contribution >= 4 is 5.91 Å². The summed E-state index contributed by atoms with van der Waals surface area (Å²) in [5.74, 6) is -0.138. The van der Waals surface area contributed by atoms with Gasteiger partial charge in [-0.15, -0.1) is 0 Å². The maximum Gasteiger partial charge on any atom is 0.269 e. The van der Waals surface area contributed by atoms with Gasteiger partial charge in [0.25, 0.3) is 5.91 Å². The van der Waals surface area contributed by atoms with Gasteiger partial charge in [0, 0.05) is 31.3 Å². The van der Waals surface area contributed by atoms with Gasteiger partial charge >= 0.3 is 0 Å². The zero-order chi connectivity index (χ0) is 19.9. The maximum atomic E-state index is 14.4. The Hall–Kier alpha value is -2.41. The minimum absolute atomic E-state index is 0.168. The first-order valence-corrected chi connectivity index (χ1v) is 10.0. The highest BCUT2D eigenvalue weighted by Gasteiger charge is 2.18. The number of halogens is 1. The van der Waals surface area contributed by atoms with Gasteiger partial charge in [0.05, 0.1) is 12.8 Å². The van der Waals surface area contributed by atoms with Crippen molar-refractivity contribution in [1.29, 1.82) is 0 Å². The first-order valence-electron chi connectivity index (χ1n) is 10.0. The van der Waals surface area contributed by atoms with E-state index >= 15 is 0 Å². The van der Waals surface area contributed by atoms with Crippen molar-refractivity contribution < 1.29 is 13.9 Å². The minimum Gasteiger partial charge on any atom is -0.497 e. The molecule has 2 heterocycles. The molecule has 0 atom stereocenters. The van der Waals surface area contributed by atoms with Crippen LogP contribution in [0.2, 0.25) is 0 Å². The minimum atomic E-state index is -0.419. The highest BCUT2D eigenvalue weighted by Crippen LogP contribution is 2.26. The number of aromatic nitrogens is 2. The van der Waals surface area contributed by atoms with Crippen LogP contribution < -0.4 is 10.1 Å². The summed E-state index contributed by atoms with van der Waals surface area (Å²) in [4.78, 5) is 15.1. The molecule has 152 valence electrons. The van der Waals surface area contributed by atoms with Crippen molar-refractivity contribution in [3.8, 4) is 17.0 Å². The first kappa shape index (κ1) is 20.3. The van der Waals surface area contributed by atoms with Crippen LogP contribution in [-0.4, -0.2) is 53.9 Å². The summed E-state index contributed by atoms with van der Waals surface area (Å²) in [6.07, 6.45) is 4.59. The molecule has 0 unspecified atom stereocenters. The van der Waals surface area contributed by atoms with Crippen LogP contribution in [0.5, 0.6) is 5.75 Å². The molecule has 6 nitrogen and oxygen atoms in total. The SMILES string of the molecule is CCCn1nc(-c2ccc(OC)cc2F)cc1C(=O)NCCN1CCCCC1. The second kappa shape index (κ2) is 9.68. The molecule has 0 bridgehead atoms. The van der Waals surface area contributed by atoms with Gasteiger partial charge in [-0.2, -0.15) is 5.10 Å². The lowest BCUT2D eigenvalue weighted by molar-refractivity contribution is 0.0935. The predicted molar refractivity (Wildman–Crippen MR) is 107 cm³/mol. The largest absolute Gasteiger partial charge is 0.497 e. The van der Waals surface area contributed by atoms with Crippen molar-refractivity contribution in [2.45, 2.75) is 39.2 Å². The fourth-order valence-electron chi connectivity index (χ4n) is 3.55. The van der Waals surface area contributed by atoms with E-state index in [1.54, 1.807) is 22.9 Å². The second-order valence-corrected chi connectivity index (χ2v) is 7.14. The molecular formula is C21H29FN4O2. The first-order chi connectivity index (χ1) is 13.6. The number of piperidine rings is 1. The molecule has 7 heteroatoms. The van der Waals surface area contributed by atoms with E-state index in [4.69, 9.17) is 4.74 Å². The Morgan fingerprint density at radius 3 is 2.68 bits per heavy atom. The molecule has 0 aliphatic carbocycles. The Morgan fingerprint density at radius 1 is 1.21 bits per heavy atom. The number of nitrogens with zero attached hydrogens (tertiary/aromatic N) is 3. The van der Waals surface area contributed by atoms with Gasteiger partial charge < -0.3 is 15.0 Å². The molecule has 1 aromatic carbocycles. The third-order valence-electron chi connectivity index (χ3n) is 5.06. The quantitative estimate of drug-likeness (QED) is 0.754. The molecule has 1 N–H and O–H groups in total. The van der Waals surface area contributed by atoms with Gasteiger partial charge in [-0.25, -0.2) is 4.39 Å². The Labute approximate surface area is 165 Å². The van der Waals surface area contributed by atoms with Crippen LogP contribution in [0.15, 0.2) is 24.3 Å². The van der Waals surface area contributed by atoms with E-state index in [1.165, 1.54) is 32.4 Å². The van der Waals surface area contributed by atoms with Crippen LogP contribution in [0.25, 0.3) is 11.3 Å². The monoisotopic (exact) mass is 388 g/mol. The van der Waals surface area contributed by atoms with Crippen molar-refractivity contribution in [3.63, 3.8) is 0 Å². The number of carbonyl (C=O) groups excluding carboxylic acids is 1. The van der Waals surface area contributed by atoms with Gasteiger partial charge in [-0.05, 0) is 50.6 Å². The highest BCUT2D eigenvalue weighted by atomic mass is 19.1. The smallest absolute Gasteiger partial charge is 0.269 e. The molecule has 1 aliphatic heterocycles. The number of hydrogen-bond acceptors (Lipinski definition) is 4. The molecule has 0 radical (unpaired) electrons. The topological polar surface area (TPSA) is 59.4 Å². The van der Waals surface area contributed by atoms with E-state index in [1.807, 2.05) is 6.92 Å². The normalized spacial score (nSPS) is 14.8. The summed E-state index contributed by atoms with van der Waals surface area (Å²) in [5.41, 5.74) is 1.28. The van der Waals surface area contributed by atoms with Gasteiger partial charge in [-0.1, -0.05) is 13.3 Å². The molecule has 2 aromatic rings. The standard InChI is InChI=1S/C21H29FN4O2/c1-3-10-26-20(21(27)23-9-13-25-11-5-4-6-12-25)15-19(24-26)17-8-7-16(28-2)14-18(17)22/h7-8,14-15H,3-6,9-13H2,1-2H3,(H,23,27). The number of hydrogen-bond donors (Lipinski definition) is 1. The van der Waals surface area contributed by atoms with Crippen LogP contribution in [0.1, 0.15) is 43.1 Å². The molecule has 3 rings (SSSR count). The van der Waals surface area contributed by atoms with Crippen molar-refractivity contribution in [2.75, 3.05) is 33.3 Å². The third kappa shape index (κ3) is 4.90. The number of benzene rings is 1. The summed E-state index contributed by atoms with van der Waals surface area (Å²) in [7, 11) is 1.50. The summed E-state index contributed by atoms with van der Waals surface area (Å²) in [6, 6.07) is 6.31. The molecule has 1 aliphatic rings. The summed E-state index contributed by atoms with van der Waals surface area (Å²) in [5, 5.41) is 7.46. The number of nitrogens with one attached hydrogen (secondary N) is 1. The van der Waals surface area contributed by atoms with Crippen LogP contribution in [0.3, 0.4) is 0 Å². The van der Waals surface area contributed by atoms with Crippen molar-refractivity contribution in [3.05, 3.63) is 35.8 Å². The van der Waals surface area contributed by atoms with Crippen LogP contribution >= 0.6 is 0 Å². The fourth-order valence-corrected chi connectivity index (χ4v) is 3.55. The van der Waals surface area contributed by atoms with Crippen LogP contribution in [-0.2, 0) is 6.54 Å². The van der Waals surface area contributed by atoms with E-state index in [9.17, 15) is 9.18 Å². The molecule has 1 aromatic heterocycles. The average Bonchev–Trinajstić information content (AvgIpc) is 3.12. The van der Waals surface area contributed by atoms with Crippen molar-refractivity contribution in [1.82, 2.24) is 20.0 Å². The lowest BCUT2D eigenvalue weighted by Gasteiger charge is -2.26. The molecule has 0 spiro atoms. The van der Waals surface area contributed by atoms with Gasteiger partial charge in [0.15, 0.2) is 0 Å².